The van der Waals surface area contributed by atoms with Gasteiger partial charge in [0.2, 0.25) is 5.88 Å². The number of hydrogen-bond donors (Lipinski definition) is 2. The number of carbonyl (C=O) groups is 1. The zero-order chi connectivity index (χ0) is 18.3. The number of nitriles is 1. The molecule has 7 heteroatoms. The molecule has 3 rings (SSSR count). The summed E-state index contributed by atoms with van der Waals surface area (Å²) in [5, 5.41) is 19.6. The highest BCUT2D eigenvalue weighted by molar-refractivity contribution is 9.10. The van der Waals surface area contributed by atoms with Gasteiger partial charge in [-0.1, -0.05) is 6.92 Å². The number of Topliss-reactive ketones (excluding diaryl/α,β-unsaturated/α-hetero) is 1. The highest BCUT2D eigenvalue weighted by Gasteiger charge is 2.40. The Hall–Kier alpha value is -2.46. The smallest absolute Gasteiger partial charge is 0.205 e. The minimum Gasteiger partial charge on any atom is -0.503 e. The molecule has 0 bridgehead atoms. The second kappa shape index (κ2) is 6.45. The van der Waals surface area contributed by atoms with E-state index in [1.165, 1.54) is 7.11 Å². The Balaban J connectivity index is 2.23. The van der Waals surface area contributed by atoms with Crippen molar-refractivity contribution in [1.29, 1.82) is 5.26 Å². The molecule has 1 aromatic carbocycles. The van der Waals surface area contributed by atoms with Crippen LogP contribution >= 0.6 is 15.9 Å². The van der Waals surface area contributed by atoms with Crippen LogP contribution in [0.5, 0.6) is 11.5 Å². The van der Waals surface area contributed by atoms with Crippen LogP contribution in [0.15, 0.2) is 39.4 Å². The minimum absolute atomic E-state index is 0.0105. The molecular weight excluding hydrogens is 388 g/mol. The Morgan fingerprint density at radius 1 is 1.44 bits per heavy atom. The summed E-state index contributed by atoms with van der Waals surface area (Å²) in [7, 11) is 1.43. The highest BCUT2D eigenvalue weighted by Crippen LogP contribution is 2.47. The lowest BCUT2D eigenvalue weighted by molar-refractivity contribution is -0.117. The molecule has 6 nitrogen and oxygen atoms in total. The van der Waals surface area contributed by atoms with Crippen molar-refractivity contribution in [2.75, 3.05) is 7.11 Å². The Morgan fingerprint density at radius 2 is 2.16 bits per heavy atom. The number of ketones is 1. The molecule has 0 radical (unpaired) electrons. The number of nitrogens with two attached hydrogens (primary N) is 1. The lowest BCUT2D eigenvalue weighted by Crippen LogP contribution is -2.29. The van der Waals surface area contributed by atoms with Crippen molar-refractivity contribution in [3.8, 4) is 17.6 Å². The van der Waals surface area contributed by atoms with Gasteiger partial charge in [0.15, 0.2) is 17.3 Å². The number of rotatable bonds is 2. The van der Waals surface area contributed by atoms with Gasteiger partial charge in [-0.05, 0) is 39.5 Å². The lowest BCUT2D eigenvalue weighted by Gasteiger charge is -2.33. The fourth-order valence-corrected chi connectivity index (χ4v) is 3.80. The second-order valence-electron chi connectivity index (χ2n) is 6.25. The van der Waals surface area contributed by atoms with Crippen molar-refractivity contribution < 1.29 is 19.4 Å². The van der Waals surface area contributed by atoms with Gasteiger partial charge in [0.25, 0.3) is 0 Å². The van der Waals surface area contributed by atoms with E-state index in [4.69, 9.17) is 15.2 Å². The van der Waals surface area contributed by atoms with E-state index in [1.54, 1.807) is 12.1 Å². The van der Waals surface area contributed by atoms with Gasteiger partial charge in [-0.25, -0.2) is 0 Å². The highest BCUT2D eigenvalue weighted by atomic mass is 79.9. The quantitative estimate of drug-likeness (QED) is 0.783. The van der Waals surface area contributed by atoms with Crippen LogP contribution < -0.4 is 10.5 Å². The first kappa shape index (κ1) is 17.4. The zero-order valence-corrected chi connectivity index (χ0v) is 15.4. The number of phenols is 1. The molecule has 1 aromatic rings. The monoisotopic (exact) mass is 404 g/mol. The van der Waals surface area contributed by atoms with E-state index < -0.39 is 5.92 Å². The number of benzene rings is 1. The Labute approximate surface area is 153 Å². The van der Waals surface area contributed by atoms with Crippen LogP contribution in [0.25, 0.3) is 0 Å². The number of allylic oxidation sites excluding steroid dienone is 3. The van der Waals surface area contributed by atoms with Gasteiger partial charge in [-0.2, -0.15) is 5.26 Å². The average molecular weight is 405 g/mol. The summed E-state index contributed by atoms with van der Waals surface area (Å²) in [5.74, 6) is 0.188. The fourth-order valence-electron chi connectivity index (χ4n) is 3.34. The van der Waals surface area contributed by atoms with E-state index in [1.807, 2.05) is 6.92 Å². The summed E-state index contributed by atoms with van der Waals surface area (Å²) in [6.07, 6.45) is 0.987. The molecule has 0 unspecified atom stereocenters. The van der Waals surface area contributed by atoms with Crippen molar-refractivity contribution in [3.05, 3.63) is 45.0 Å². The van der Waals surface area contributed by atoms with Crippen LogP contribution in [0.2, 0.25) is 0 Å². The number of nitrogens with zero attached hydrogens (tertiary/aromatic N) is 1. The number of halogens is 1. The molecule has 1 heterocycles. The molecule has 1 aliphatic carbocycles. The molecule has 0 aromatic heterocycles. The SMILES string of the molecule is COc1cc([C@@H]2C(C#N)=C(N)OC3=C2C(=O)C[C@H](C)C3)cc(Br)c1O. The van der Waals surface area contributed by atoms with Crippen molar-refractivity contribution in [3.63, 3.8) is 0 Å². The normalized spacial score (nSPS) is 23.0. The summed E-state index contributed by atoms with van der Waals surface area (Å²) in [6, 6.07) is 5.33. The Kier molecular flexibility index (Phi) is 4.48. The van der Waals surface area contributed by atoms with Crippen LogP contribution in [0.4, 0.5) is 0 Å². The summed E-state index contributed by atoms with van der Waals surface area (Å²) in [4.78, 5) is 12.7. The van der Waals surface area contributed by atoms with Gasteiger partial charge >= 0.3 is 0 Å². The van der Waals surface area contributed by atoms with Crippen molar-refractivity contribution in [1.82, 2.24) is 0 Å². The molecule has 0 saturated heterocycles. The van der Waals surface area contributed by atoms with Crippen molar-refractivity contribution in [2.45, 2.75) is 25.7 Å². The molecule has 2 atom stereocenters. The van der Waals surface area contributed by atoms with Crippen molar-refractivity contribution >= 4 is 21.7 Å². The maximum atomic E-state index is 12.7. The molecule has 1 aliphatic heterocycles. The minimum atomic E-state index is -0.639. The number of hydrogen-bond acceptors (Lipinski definition) is 6. The number of carbonyl (C=O) groups excluding carboxylic acids is 1. The summed E-state index contributed by atoms with van der Waals surface area (Å²) in [5.41, 5.74) is 7.22. The summed E-state index contributed by atoms with van der Waals surface area (Å²) >= 11 is 3.28. The Bertz CT molecular complexity index is 867. The Morgan fingerprint density at radius 3 is 2.80 bits per heavy atom. The molecule has 0 fully saturated rings. The van der Waals surface area contributed by atoms with Gasteiger partial charge < -0.3 is 20.3 Å². The largest absolute Gasteiger partial charge is 0.503 e. The maximum Gasteiger partial charge on any atom is 0.205 e. The molecule has 3 N–H and O–H groups in total. The van der Waals surface area contributed by atoms with Gasteiger partial charge in [0.05, 0.1) is 17.5 Å². The van der Waals surface area contributed by atoms with E-state index >= 15 is 0 Å². The first-order valence-corrected chi connectivity index (χ1v) is 8.56. The van der Waals surface area contributed by atoms with E-state index in [0.717, 1.165) is 0 Å². The fraction of sp³-hybridized carbons (Fsp3) is 0.333. The summed E-state index contributed by atoms with van der Waals surface area (Å²) in [6.45, 7) is 1.97. The van der Waals surface area contributed by atoms with Crippen LogP contribution in [-0.2, 0) is 9.53 Å². The molecule has 0 spiro atoms. The predicted octanol–water partition coefficient (Wildman–Crippen LogP) is 3.22. The predicted molar refractivity (Wildman–Crippen MR) is 93.4 cm³/mol. The lowest BCUT2D eigenvalue weighted by atomic mass is 9.75. The van der Waals surface area contributed by atoms with Gasteiger partial charge in [-0.15, -0.1) is 0 Å². The van der Waals surface area contributed by atoms with Gasteiger partial charge in [0.1, 0.15) is 17.4 Å². The third kappa shape index (κ3) is 2.87. The van der Waals surface area contributed by atoms with Crippen LogP contribution in [0.3, 0.4) is 0 Å². The van der Waals surface area contributed by atoms with Crippen LogP contribution in [-0.4, -0.2) is 18.0 Å². The van der Waals surface area contributed by atoms with Gasteiger partial charge in [-0.3, -0.25) is 4.79 Å². The van der Waals surface area contributed by atoms with Crippen LogP contribution in [0, 0.1) is 17.2 Å². The number of aromatic hydroxyl groups is 1. The molecule has 0 saturated carbocycles. The van der Waals surface area contributed by atoms with E-state index in [-0.39, 0.29) is 34.7 Å². The molecule has 2 aliphatic rings. The molecule has 25 heavy (non-hydrogen) atoms. The topological polar surface area (TPSA) is 106 Å². The van der Waals surface area contributed by atoms with Crippen LogP contribution in [0.1, 0.15) is 31.2 Å². The number of ether oxygens (including phenoxy) is 2. The standard InChI is InChI=1S/C18H17BrN2O4/c1-8-3-12(22)16-13(4-8)25-18(21)10(7-20)15(16)9-5-11(19)17(23)14(6-9)24-2/h5-6,8,15,23H,3-4,21H2,1-2H3/t8-,15+/m0/s1. The van der Waals surface area contributed by atoms with Crippen molar-refractivity contribution in [2.24, 2.45) is 11.7 Å². The number of phenolic OH excluding ortho intramolecular Hbond substituents is 1. The zero-order valence-electron chi connectivity index (χ0n) is 13.8. The van der Waals surface area contributed by atoms with E-state index in [2.05, 4.69) is 22.0 Å². The van der Waals surface area contributed by atoms with E-state index in [0.29, 0.717) is 34.2 Å². The molecule has 0 amide bonds. The summed E-state index contributed by atoms with van der Waals surface area (Å²) < 4.78 is 11.2. The third-order valence-corrected chi connectivity index (χ3v) is 5.07. The number of methoxy groups -OCH3 is 1. The molecular formula is C18H17BrN2O4. The van der Waals surface area contributed by atoms with Gasteiger partial charge in [0, 0.05) is 18.4 Å². The molecule has 130 valence electrons. The van der Waals surface area contributed by atoms with E-state index in [9.17, 15) is 15.2 Å². The first-order valence-electron chi connectivity index (χ1n) is 7.77. The average Bonchev–Trinajstić information content (AvgIpc) is 2.55. The second-order valence-corrected chi connectivity index (χ2v) is 7.11. The third-order valence-electron chi connectivity index (χ3n) is 4.47. The maximum absolute atomic E-state index is 12.7. The first-order chi connectivity index (χ1) is 11.9.